The molecule has 2 aromatic rings. The summed E-state index contributed by atoms with van der Waals surface area (Å²) in [6.45, 7) is 1.77. The van der Waals surface area contributed by atoms with Gasteiger partial charge in [-0.15, -0.1) is 0 Å². The number of halogens is 1. The first-order valence-electron chi connectivity index (χ1n) is 7.53. The monoisotopic (exact) mass is 348 g/mol. The molecule has 0 amide bonds. The molecule has 0 saturated heterocycles. The van der Waals surface area contributed by atoms with E-state index in [0.29, 0.717) is 30.8 Å². The number of pyridine rings is 1. The van der Waals surface area contributed by atoms with Gasteiger partial charge in [-0.1, -0.05) is 17.7 Å². The van der Waals surface area contributed by atoms with Crippen LogP contribution in [0.3, 0.4) is 0 Å². The molecule has 2 N–H and O–H groups in total. The third-order valence-electron chi connectivity index (χ3n) is 3.19. The van der Waals surface area contributed by atoms with Crippen molar-refractivity contribution >= 4 is 17.6 Å². The number of ether oxygens (including phenoxy) is 2. The highest BCUT2D eigenvalue weighted by molar-refractivity contribution is 6.29. The molecule has 128 valence electrons. The second-order valence-corrected chi connectivity index (χ2v) is 5.25. The van der Waals surface area contributed by atoms with Gasteiger partial charge in [-0.05, 0) is 35.9 Å². The SMILES string of the molecule is CN=C(NCCOc1ccc(OC)cc1)NCc1ccc(Cl)nc1. The van der Waals surface area contributed by atoms with Crippen LogP contribution in [0.4, 0.5) is 0 Å². The maximum Gasteiger partial charge on any atom is 0.191 e. The lowest BCUT2D eigenvalue weighted by Crippen LogP contribution is -2.38. The van der Waals surface area contributed by atoms with Gasteiger partial charge < -0.3 is 20.1 Å². The Morgan fingerprint density at radius 2 is 1.88 bits per heavy atom. The van der Waals surface area contributed by atoms with E-state index in [9.17, 15) is 0 Å². The van der Waals surface area contributed by atoms with Crippen molar-refractivity contribution in [3.63, 3.8) is 0 Å². The molecule has 0 aliphatic heterocycles. The van der Waals surface area contributed by atoms with E-state index in [-0.39, 0.29) is 0 Å². The topological polar surface area (TPSA) is 67.8 Å². The van der Waals surface area contributed by atoms with Gasteiger partial charge in [0.05, 0.1) is 13.7 Å². The van der Waals surface area contributed by atoms with Gasteiger partial charge in [0.25, 0.3) is 0 Å². The van der Waals surface area contributed by atoms with Crippen LogP contribution < -0.4 is 20.1 Å². The fourth-order valence-electron chi connectivity index (χ4n) is 1.93. The van der Waals surface area contributed by atoms with E-state index in [1.807, 2.05) is 30.3 Å². The van der Waals surface area contributed by atoms with Crippen molar-refractivity contribution in [1.82, 2.24) is 15.6 Å². The van der Waals surface area contributed by atoms with E-state index in [0.717, 1.165) is 17.1 Å². The lowest BCUT2D eigenvalue weighted by molar-refractivity contribution is 0.321. The summed E-state index contributed by atoms with van der Waals surface area (Å²) in [5.41, 5.74) is 1.02. The first-order valence-corrected chi connectivity index (χ1v) is 7.91. The van der Waals surface area contributed by atoms with Crippen LogP contribution in [-0.2, 0) is 6.54 Å². The summed E-state index contributed by atoms with van der Waals surface area (Å²) in [7, 11) is 3.36. The van der Waals surface area contributed by atoms with Gasteiger partial charge in [-0.25, -0.2) is 4.98 Å². The molecule has 0 radical (unpaired) electrons. The molecule has 0 bridgehead atoms. The van der Waals surface area contributed by atoms with Crippen LogP contribution in [-0.4, -0.2) is 38.3 Å². The molecule has 0 fully saturated rings. The standard InChI is InChI=1S/C17H21ClN4O2/c1-19-17(22-12-13-3-8-16(18)21-11-13)20-9-10-24-15-6-4-14(23-2)5-7-15/h3-8,11H,9-10,12H2,1-2H3,(H2,19,20,22). The zero-order valence-electron chi connectivity index (χ0n) is 13.8. The minimum absolute atomic E-state index is 0.483. The largest absolute Gasteiger partial charge is 0.497 e. The average Bonchev–Trinajstić information content (AvgIpc) is 2.63. The summed E-state index contributed by atoms with van der Waals surface area (Å²) < 4.78 is 10.8. The molecule has 0 aliphatic carbocycles. The number of benzene rings is 1. The molecule has 0 aliphatic rings. The Morgan fingerprint density at radius 3 is 2.50 bits per heavy atom. The molecule has 0 atom stereocenters. The molecule has 7 heteroatoms. The van der Waals surface area contributed by atoms with Crippen molar-refractivity contribution in [2.45, 2.75) is 6.54 Å². The van der Waals surface area contributed by atoms with E-state index in [4.69, 9.17) is 21.1 Å². The number of nitrogens with one attached hydrogen (secondary N) is 2. The van der Waals surface area contributed by atoms with Crippen molar-refractivity contribution in [2.24, 2.45) is 4.99 Å². The van der Waals surface area contributed by atoms with Gasteiger partial charge in [-0.3, -0.25) is 4.99 Å². The number of methoxy groups -OCH3 is 1. The highest BCUT2D eigenvalue weighted by Crippen LogP contribution is 2.16. The van der Waals surface area contributed by atoms with Crippen molar-refractivity contribution in [3.8, 4) is 11.5 Å². The van der Waals surface area contributed by atoms with Crippen molar-refractivity contribution in [3.05, 3.63) is 53.3 Å². The van der Waals surface area contributed by atoms with Gasteiger partial charge in [0.2, 0.25) is 0 Å². The van der Waals surface area contributed by atoms with E-state index in [1.54, 1.807) is 26.4 Å². The average molecular weight is 349 g/mol. The van der Waals surface area contributed by atoms with Gasteiger partial charge in [0, 0.05) is 19.8 Å². The summed E-state index contributed by atoms with van der Waals surface area (Å²) >= 11 is 5.77. The quantitative estimate of drug-likeness (QED) is 0.348. The number of nitrogens with zero attached hydrogens (tertiary/aromatic N) is 2. The van der Waals surface area contributed by atoms with Crippen LogP contribution >= 0.6 is 11.6 Å². The van der Waals surface area contributed by atoms with Crippen LogP contribution in [0.15, 0.2) is 47.6 Å². The summed E-state index contributed by atoms with van der Waals surface area (Å²) in [6.07, 6.45) is 1.73. The Balaban J connectivity index is 1.68. The summed E-state index contributed by atoms with van der Waals surface area (Å²) in [6, 6.07) is 11.2. The molecule has 0 unspecified atom stereocenters. The maximum absolute atomic E-state index is 5.77. The van der Waals surface area contributed by atoms with Gasteiger partial charge in [0.15, 0.2) is 5.96 Å². The number of rotatable bonds is 7. The van der Waals surface area contributed by atoms with Crippen molar-refractivity contribution < 1.29 is 9.47 Å². The predicted molar refractivity (Wildman–Crippen MR) is 95.9 cm³/mol. The first kappa shape index (κ1) is 17.9. The predicted octanol–water partition coefficient (Wildman–Crippen LogP) is 2.49. The Bertz CT molecular complexity index is 645. The molecular weight excluding hydrogens is 328 g/mol. The minimum atomic E-state index is 0.483. The zero-order chi connectivity index (χ0) is 17.2. The molecule has 1 heterocycles. The van der Waals surface area contributed by atoms with Crippen molar-refractivity contribution in [2.75, 3.05) is 27.3 Å². The summed E-state index contributed by atoms with van der Waals surface area (Å²) in [5.74, 6) is 2.30. The molecule has 2 rings (SSSR count). The second kappa shape index (κ2) is 9.62. The molecule has 1 aromatic heterocycles. The smallest absolute Gasteiger partial charge is 0.191 e. The third-order valence-corrected chi connectivity index (χ3v) is 3.42. The first-order chi connectivity index (χ1) is 11.7. The van der Waals surface area contributed by atoms with E-state index in [2.05, 4.69) is 20.6 Å². The van der Waals surface area contributed by atoms with Crippen LogP contribution in [0.5, 0.6) is 11.5 Å². The number of hydrogen-bond acceptors (Lipinski definition) is 4. The molecule has 1 aromatic carbocycles. The van der Waals surface area contributed by atoms with E-state index < -0.39 is 0 Å². The van der Waals surface area contributed by atoms with Gasteiger partial charge in [-0.2, -0.15) is 0 Å². The zero-order valence-corrected chi connectivity index (χ0v) is 14.5. The lowest BCUT2D eigenvalue weighted by atomic mass is 10.3. The Kier molecular flexibility index (Phi) is 7.17. The second-order valence-electron chi connectivity index (χ2n) is 4.87. The maximum atomic E-state index is 5.77. The molecule has 6 nitrogen and oxygen atoms in total. The molecule has 0 saturated carbocycles. The van der Waals surface area contributed by atoms with Crippen molar-refractivity contribution in [1.29, 1.82) is 0 Å². The minimum Gasteiger partial charge on any atom is -0.497 e. The lowest BCUT2D eigenvalue weighted by Gasteiger charge is -2.12. The van der Waals surface area contributed by atoms with Gasteiger partial charge >= 0.3 is 0 Å². The van der Waals surface area contributed by atoms with E-state index >= 15 is 0 Å². The molecule has 0 spiro atoms. The molecule has 24 heavy (non-hydrogen) atoms. The normalized spacial score (nSPS) is 11.0. The fraction of sp³-hybridized carbons (Fsp3) is 0.294. The highest BCUT2D eigenvalue weighted by Gasteiger charge is 2.00. The summed E-state index contributed by atoms with van der Waals surface area (Å²) in [5, 5.41) is 6.87. The van der Waals surface area contributed by atoms with E-state index in [1.165, 1.54) is 0 Å². The Labute approximate surface area is 146 Å². The summed E-state index contributed by atoms with van der Waals surface area (Å²) in [4.78, 5) is 8.20. The Morgan fingerprint density at radius 1 is 1.12 bits per heavy atom. The van der Waals surface area contributed by atoms with Gasteiger partial charge in [0.1, 0.15) is 23.3 Å². The van der Waals surface area contributed by atoms with Crippen LogP contribution in [0.25, 0.3) is 0 Å². The highest BCUT2D eigenvalue weighted by atomic mass is 35.5. The Hall–Kier alpha value is -2.47. The van der Waals surface area contributed by atoms with Crippen LogP contribution in [0.1, 0.15) is 5.56 Å². The van der Waals surface area contributed by atoms with Crippen LogP contribution in [0, 0.1) is 0 Å². The van der Waals surface area contributed by atoms with Crippen LogP contribution in [0.2, 0.25) is 5.15 Å². The number of aliphatic imine (C=N–C) groups is 1. The number of hydrogen-bond donors (Lipinski definition) is 2. The molecular formula is C17H21ClN4O2. The number of guanidine groups is 1. The number of aromatic nitrogens is 1. The fourth-order valence-corrected chi connectivity index (χ4v) is 2.04. The third kappa shape index (κ3) is 5.96.